The van der Waals surface area contributed by atoms with Gasteiger partial charge in [-0.25, -0.2) is 8.42 Å². The zero-order valence-electron chi connectivity index (χ0n) is 27.3. The number of carbonyl (C=O) groups is 2. The predicted molar refractivity (Wildman–Crippen MR) is 184 cm³/mol. The predicted octanol–water partition coefficient (Wildman–Crippen LogP) is 4.96. The molecule has 0 radical (unpaired) electrons. The van der Waals surface area contributed by atoms with Gasteiger partial charge in [0, 0.05) is 31.1 Å². The van der Waals surface area contributed by atoms with Gasteiger partial charge in [-0.3, -0.25) is 13.9 Å². The second-order valence-corrected chi connectivity index (χ2v) is 12.8. The number of benzene rings is 4. The van der Waals surface area contributed by atoms with Gasteiger partial charge >= 0.3 is 0 Å². The smallest absolute Gasteiger partial charge is 0.265 e. The Labute approximate surface area is 286 Å². The summed E-state index contributed by atoms with van der Waals surface area (Å²) in [5, 5.41) is 2.88. The molecule has 1 atom stereocenters. The number of anilines is 1. The van der Waals surface area contributed by atoms with Crippen molar-refractivity contribution in [3.63, 3.8) is 0 Å². The van der Waals surface area contributed by atoms with Crippen molar-refractivity contribution in [3.8, 4) is 23.0 Å². The normalized spacial score (nSPS) is 11.6. The van der Waals surface area contributed by atoms with E-state index < -0.39 is 34.4 Å². The molecule has 13 heteroatoms. The van der Waals surface area contributed by atoms with E-state index >= 15 is 0 Å². The van der Waals surface area contributed by atoms with Crippen LogP contribution in [0.1, 0.15) is 11.1 Å². The molecule has 1 unspecified atom stereocenters. The molecule has 0 aliphatic carbocycles. The highest BCUT2D eigenvalue weighted by Crippen LogP contribution is 2.37. The number of methoxy groups -OCH3 is 4. The van der Waals surface area contributed by atoms with Crippen LogP contribution in [0.4, 0.5) is 5.69 Å². The van der Waals surface area contributed by atoms with E-state index in [0.29, 0.717) is 17.1 Å². The van der Waals surface area contributed by atoms with Gasteiger partial charge in [0.05, 0.1) is 39.0 Å². The highest BCUT2D eigenvalue weighted by Gasteiger charge is 2.36. The lowest BCUT2D eigenvalue weighted by Gasteiger charge is -2.34. The van der Waals surface area contributed by atoms with Crippen LogP contribution in [-0.4, -0.2) is 73.2 Å². The molecular formula is C35H38ClN3O8S. The van der Waals surface area contributed by atoms with Gasteiger partial charge in [-0.05, 0) is 53.6 Å². The first-order valence-corrected chi connectivity index (χ1v) is 16.6. The molecule has 0 aliphatic rings. The first-order chi connectivity index (χ1) is 23.1. The van der Waals surface area contributed by atoms with Gasteiger partial charge in [-0.2, -0.15) is 0 Å². The van der Waals surface area contributed by atoms with Gasteiger partial charge in [0.1, 0.15) is 24.1 Å². The fraction of sp³-hybridized carbons (Fsp3) is 0.257. The summed E-state index contributed by atoms with van der Waals surface area (Å²) >= 11 is 6.36. The second-order valence-electron chi connectivity index (χ2n) is 10.5. The Balaban J connectivity index is 1.87. The van der Waals surface area contributed by atoms with Crippen molar-refractivity contribution in [2.24, 2.45) is 0 Å². The van der Waals surface area contributed by atoms with Crippen LogP contribution in [0.2, 0.25) is 5.02 Å². The number of carbonyl (C=O) groups excluding carboxylic acids is 2. The van der Waals surface area contributed by atoms with Crippen molar-refractivity contribution < 1.29 is 37.0 Å². The first-order valence-electron chi connectivity index (χ1n) is 14.8. The molecule has 4 aromatic rings. The summed E-state index contributed by atoms with van der Waals surface area (Å²) in [5.41, 5.74) is 1.49. The Morgan fingerprint density at radius 3 is 2.08 bits per heavy atom. The maximum absolute atomic E-state index is 14.6. The Morgan fingerprint density at radius 2 is 1.44 bits per heavy atom. The number of amides is 2. The zero-order chi connectivity index (χ0) is 34.8. The largest absolute Gasteiger partial charge is 0.497 e. The molecule has 0 bridgehead atoms. The molecule has 4 rings (SSSR count). The van der Waals surface area contributed by atoms with Crippen molar-refractivity contribution in [2.45, 2.75) is 23.9 Å². The molecule has 0 fully saturated rings. The first kappa shape index (κ1) is 35.9. The van der Waals surface area contributed by atoms with Gasteiger partial charge in [-0.15, -0.1) is 0 Å². The molecule has 48 heavy (non-hydrogen) atoms. The van der Waals surface area contributed by atoms with Crippen molar-refractivity contribution in [2.75, 3.05) is 46.3 Å². The van der Waals surface area contributed by atoms with Gasteiger partial charge in [0.2, 0.25) is 11.8 Å². The number of rotatable bonds is 15. The molecule has 254 valence electrons. The number of nitrogens with zero attached hydrogens (tertiary/aromatic N) is 2. The Hall–Kier alpha value is -4.94. The van der Waals surface area contributed by atoms with Crippen molar-refractivity contribution >= 4 is 39.1 Å². The third kappa shape index (κ3) is 8.31. The van der Waals surface area contributed by atoms with E-state index in [1.165, 1.54) is 70.7 Å². The molecule has 0 aromatic heterocycles. The van der Waals surface area contributed by atoms with Crippen LogP contribution in [0.15, 0.2) is 95.9 Å². The van der Waals surface area contributed by atoms with Crippen LogP contribution in [-0.2, 0) is 32.6 Å². The fourth-order valence-electron chi connectivity index (χ4n) is 5.16. The molecule has 1 N–H and O–H groups in total. The monoisotopic (exact) mass is 695 g/mol. The number of likely N-dealkylation sites (N-methyl/N-ethyl adjacent to an activating group) is 1. The highest BCUT2D eigenvalue weighted by atomic mass is 35.5. The van der Waals surface area contributed by atoms with Crippen LogP contribution in [0.3, 0.4) is 0 Å². The molecule has 0 saturated carbocycles. The topological polar surface area (TPSA) is 124 Å². The van der Waals surface area contributed by atoms with Gasteiger partial charge in [0.25, 0.3) is 10.0 Å². The van der Waals surface area contributed by atoms with Crippen molar-refractivity contribution in [1.82, 2.24) is 10.2 Å². The van der Waals surface area contributed by atoms with Crippen LogP contribution >= 0.6 is 11.6 Å². The maximum Gasteiger partial charge on any atom is 0.265 e. The minimum absolute atomic E-state index is 0.0222. The molecular weight excluding hydrogens is 658 g/mol. The lowest BCUT2D eigenvalue weighted by Crippen LogP contribution is -2.53. The molecule has 0 heterocycles. The summed E-state index contributed by atoms with van der Waals surface area (Å²) < 4.78 is 51.5. The number of hydrogen-bond acceptors (Lipinski definition) is 8. The van der Waals surface area contributed by atoms with E-state index in [9.17, 15) is 18.0 Å². The number of ether oxygens (including phenoxy) is 4. The lowest BCUT2D eigenvalue weighted by atomic mass is 10.0. The average molecular weight is 696 g/mol. The van der Waals surface area contributed by atoms with Crippen LogP contribution in [0.5, 0.6) is 23.0 Å². The van der Waals surface area contributed by atoms with Gasteiger partial charge in [0.15, 0.2) is 11.5 Å². The second kappa shape index (κ2) is 16.2. The van der Waals surface area contributed by atoms with Crippen LogP contribution < -0.4 is 28.6 Å². The minimum Gasteiger partial charge on any atom is -0.497 e. The lowest BCUT2D eigenvalue weighted by molar-refractivity contribution is -0.139. The molecule has 0 spiro atoms. The summed E-state index contributed by atoms with van der Waals surface area (Å²) in [5.74, 6) is 0.116. The minimum atomic E-state index is -4.49. The standard InChI is InChI=1S/C35H38ClN3O8S/c1-37-35(41)30(19-24-10-7-6-8-11-24)38(22-25-12-9-13-27(18-25)44-2)34(40)23-39(29-20-26(36)14-16-31(29)45-3)48(42,43)28-15-17-32(46-4)33(21-28)47-5/h6-18,20-21,30H,19,22-23H2,1-5H3,(H,37,41). The quantitative estimate of drug-likeness (QED) is 0.185. The molecule has 11 nitrogen and oxygen atoms in total. The Bertz CT molecular complexity index is 1840. The van der Waals surface area contributed by atoms with E-state index in [1.54, 1.807) is 30.3 Å². The summed E-state index contributed by atoms with van der Waals surface area (Å²) in [6.07, 6.45) is 0.166. The molecule has 4 aromatic carbocycles. The Kier molecular flexibility index (Phi) is 12.2. The van der Waals surface area contributed by atoms with Crippen molar-refractivity contribution in [3.05, 3.63) is 107 Å². The van der Waals surface area contributed by atoms with E-state index in [1.807, 2.05) is 30.3 Å². The summed E-state index contributed by atoms with van der Waals surface area (Å²) in [7, 11) is 2.72. The molecule has 2 amide bonds. The highest BCUT2D eigenvalue weighted by molar-refractivity contribution is 7.92. The van der Waals surface area contributed by atoms with E-state index in [2.05, 4.69) is 5.32 Å². The molecule has 0 aliphatic heterocycles. The van der Waals surface area contributed by atoms with Crippen LogP contribution in [0, 0.1) is 0 Å². The number of hydrogen-bond donors (Lipinski definition) is 1. The SMILES string of the molecule is CNC(=O)C(Cc1ccccc1)N(Cc1cccc(OC)c1)C(=O)CN(c1cc(Cl)ccc1OC)S(=O)(=O)c1ccc(OC)c(OC)c1. The van der Waals surface area contributed by atoms with E-state index in [0.717, 1.165) is 9.87 Å². The van der Waals surface area contributed by atoms with Crippen molar-refractivity contribution in [1.29, 1.82) is 0 Å². The summed E-state index contributed by atoms with van der Waals surface area (Å²) in [4.78, 5) is 29.3. The zero-order valence-corrected chi connectivity index (χ0v) is 28.9. The average Bonchev–Trinajstić information content (AvgIpc) is 3.11. The number of halogens is 1. The summed E-state index contributed by atoms with van der Waals surface area (Å²) in [6, 6.07) is 23.9. The molecule has 0 saturated heterocycles. The van der Waals surface area contributed by atoms with Gasteiger partial charge < -0.3 is 29.2 Å². The third-order valence-corrected chi connectivity index (χ3v) is 9.63. The van der Waals surface area contributed by atoms with Crippen LogP contribution in [0.25, 0.3) is 0 Å². The van der Waals surface area contributed by atoms with Gasteiger partial charge in [-0.1, -0.05) is 54.1 Å². The summed E-state index contributed by atoms with van der Waals surface area (Å²) in [6.45, 7) is -0.739. The fourth-order valence-corrected chi connectivity index (χ4v) is 6.76. The van der Waals surface area contributed by atoms with E-state index in [4.69, 9.17) is 30.5 Å². The maximum atomic E-state index is 14.6. The third-order valence-electron chi connectivity index (χ3n) is 7.64. The number of sulfonamides is 1. The Morgan fingerprint density at radius 1 is 0.771 bits per heavy atom. The number of nitrogens with one attached hydrogen (secondary N) is 1. The van der Waals surface area contributed by atoms with E-state index in [-0.39, 0.29) is 40.1 Å².